The van der Waals surface area contributed by atoms with Crippen molar-refractivity contribution in [1.82, 2.24) is 0 Å². The summed E-state index contributed by atoms with van der Waals surface area (Å²) in [5.41, 5.74) is 12.5. The van der Waals surface area contributed by atoms with Crippen molar-refractivity contribution in [3.05, 3.63) is 130 Å². The molecule has 4 aromatic rings. The first-order chi connectivity index (χ1) is 17.2. The third kappa shape index (κ3) is 4.47. The van der Waals surface area contributed by atoms with Gasteiger partial charge in [0.25, 0.3) is 0 Å². The van der Waals surface area contributed by atoms with Crippen LogP contribution in [-0.2, 0) is 24.7 Å². The van der Waals surface area contributed by atoms with E-state index in [-0.39, 0.29) is 5.41 Å². The van der Waals surface area contributed by atoms with E-state index >= 15 is 0 Å². The Kier molecular flexibility index (Phi) is 9.10. The fraction of sp³-hybridized carbons (Fsp3) is 0.314. The largest absolute Gasteiger partial charge is 0.0716 e. The van der Waals surface area contributed by atoms with Crippen LogP contribution in [0.3, 0.4) is 0 Å². The van der Waals surface area contributed by atoms with Crippen molar-refractivity contribution in [3.8, 4) is 11.1 Å². The molecule has 0 saturated carbocycles. The third-order valence-electron chi connectivity index (χ3n) is 7.04. The fourth-order valence-corrected chi connectivity index (χ4v) is 5.54. The smallest absolute Gasteiger partial charge is 0.0683 e. The maximum absolute atomic E-state index is 2.46. The highest BCUT2D eigenvalue weighted by Crippen LogP contribution is 2.57. The molecular weight excluding hydrogens is 420 g/mol. The van der Waals surface area contributed by atoms with Crippen LogP contribution in [0.2, 0.25) is 0 Å². The summed E-state index contributed by atoms with van der Waals surface area (Å²) < 4.78 is 0. The Hall–Kier alpha value is -3.12. The lowest BCUT2D eigenvalue weighted by atomic mass is 9.66. The van der Waals surface area contributed by atoms with Gasteiger partial charge in [0.2, 0.25) is 0 Å². The van der Waals surface area contributed by atoms with Crippen LogP contribution in [0.5, 0.6) is 0 Å². The van der Waals surface area contributed by atoms with Crippen LogP contribution in [0.4, 0.5) is 0 Å². The molecule has 1 aliphatic carbocycles. The zero-order valence-electron chi connectivity index (χ0n) is 22.8. The molecule has 0 nitrogen and oxygen atoms in total. The maximum atomic E-state index is 2.46. The second-order valence-electron chi connectivity index (χ2n) is 8.60. The maximum Gasteiger partial charge on any atom is 0.0716 e. The topological polar surface area (TPSA) is 0 Å². The molecule has 5 rings (SSSR count). The summed E-state index contributed by atoms with van der Waals surface area (Å²) in [6, 6.07) is 34.3. The molecule has 0 saturated heterocycles. The van der Waals surface area contributed by atoms with E-state index in [2.05, 4.69) is 112 Å². The van der Waals surface area contributed by atoms with E-state index in [1.165, 1.54) is 50.1 Å². The van der Waals surface area contributed by atoms with Crippen molar-refractivity contribution < 1.29 is 0 Å². The van der Waals surface area contributed by atoms with Gasteiger partial charge < -0.3 is 0 Å². The second kappa shape index (κ2) is 12.0. The minimum atomic E-state index is -0.281. The van der Waals surface area contributed by atoms with Crippen LogP contribution < -0.4 is 0 Å². The van der Waals surface area contributed by atoms with Gasteiger partial charge in [-0.05, 0) is 69.3 Å². The Balaban J connectivity index is 0.000000815. The summed E-state index contributed by atoms with van der Waals surface area (Å²) in [4.78, 5) is 0. The van der Waals surface area contributed by atoms with Gasteiger partial charge in [-0.15, -0.1) is 0 Å². The predicted molar refractivity (Wildman–Crippen MR) is 155 cm³/mol. The number of fused-ring (bicyclic) bond motifs is 3. The number of rotatable bonds is 5. The standard InChI is InChI=1S/C31H30.2C2H6/c1-4-22-17-18-29-27(20-22)28-21-23(5-2)19-24(6-3)30(28)31(29,25-13-9-7-10-14-25)26-15-11-8-12-16-26;2*1-2/h7-21H,4-6H2,1-3H3;2*1-2H3. The van der Waals surface area contributed by atoms with E-state index in [1.54, 1.807) is 0 Å². The molecule has 0 amide bonds. The zero-order chi connectivity index (χ0) is 25.4. The Morgan fingerprint density at radius 3 is 1.51 bits per heavy atom. The summed E-state index contributed by atoms with van der Waals surface area (Å²) in [6.07, 6.45) is 3.15. The van der Waals surface area contributed by atoms with Gasteiger partial charge in [0, 0.05) is 0 Å². The van der Waals surface area contributed by atoms with Crippen molar-refractivity contribution in [2.75, 3.05) is 0 Å². The van der Waals surface area contributed by atoms with E-state index in [4.69, 9.17) is 0 Å². The summed E-state index contributed by atoms with van der Waals surface area (Å²) in [5.74, 6) is 0. The van der Waals surface area contributed by atoms with Crippen molar-refractivity contribution >= 4 is 0 Å². The first-order valence-electron chi connectivity index (χ1n) is 13.6. The van der Waals surface area contributed by atoms with Crippen LogP contribution in [0, 0.1) is 0 Å². The third-order valence-corrected chi connectivity index (χ3v) is 7.04. The summed E-state index contributed by atoms with van der Waals surface area (Å²) in [6.45, 7) is 14.8. The van der Waals surface area contributed by atoms with Crippen LogP contribution in [0.1, 0.15) is 87.4 Å². The van der Waals surface area contributed by atoms with Crippen LogP contribution in [0.15, 0.2) is 91.0 Å². The number of aryl methyl sites for hydroxylation is 3. The Labute approximate surface area is 214 Å². The first-order valence-corrected chi connectivity index (χ1v) is 13.6. The van der Waals surface area contributed by atoms with Crippen molar-refractivity contribution in [2.45, 2.75) is 73.1 Å². The van der Waals surface area contributed by atoms with Crippen molar-refractivity contribution in [1.29, 1.82) is 0 Å². The van der Waals surface area contributed by atoms with Crippen LogP contribution in [0.25, 0.3) is 11.1 Å². The van der Waals surface area contributed by atoms with E-state index in [9.17, 15) is 0 Å². The lowest BCUT2D eigenvalue weighted by molar-refractivity contribution is 0.754. The summed E-state index contributed by atoms with van der Waals surface area (Å²) in [5, 5.41) is 0. The number of hydrogen-bond donors (Lipinski definition) is 0. The van der Waals surface area contributed by atoms with E-state index < -0.39 is 0 Å². The van der Waals surface area contributed by atoms with Gasteiger partial charge in [-0.1, -0.05) is 139 Å². The molecule has 182 valence electrons. The SMILES string of the molecule is CC.CC.CCc1ccc2c(c1)-c1cc(CC)cc(CC)c1C2(c1ccccc1)c1ccccc1. The normalized spacial score (nSPS) is 12.4. The molecule has 35 heavy (non-hydrogen) atoms. The van der Waals surface area contributed by atoms with E-state index in [1.807, 2.05) is 27.7 Å². The molecule has 0 fully saturated rings. The number of hydrogen-bond acceptors (Lipinski definition) is 0. The predicted octanol–water partition coefficient (Wildman–Crippen LogP) is 9.79. The van der Waals surface area contributed by atoms with Gasteiger partial charge in [0.15, 0.2) is 0 Å². The zero-order valence-corrected chi connectivity index (χ0v) is 22.8. The summed E-state index contributed by atoms with van der Waals surface area (Å²) in [7, 11) is 0. The van der Waals surface area contributed by atoms with Gasteiger partial charge in [-0.3, -0.25) is 0 Å². The quantitative estimate of drug-likeness (QED) is 0.244. The molecular formula is C35H42. The molecule has 0 unspecified atom stereocenters. The monoisotopic (exact) mass is 462 g/mol. The number of benzene rings is 4. The molecule has 0 spiro atoms. The lowest BCUT2D eigenvalue weighted by Crippen LogP contribution is -2.29. The lowest BCUT2D eigenvalue weighted by Gasteiger charge is -2.35. The van der Waals surface area contributed by atoms with Gasteiger partial charge in [0.05, 0.1) is 5.41 Å². The molecule has 0 atom stereocenters. The Bertz CT molecular complexity index is 1180. The van der Waals surface area contributed by atoms with Gasteiger partial charge in [0.1, 0.15) is 0 Å². The summed E-state index contributed by atoms with van der Waals surface area (Å²) >= 11 is 0. The Morgan fingerprint density at radius 1 is 0.514 bits per heavy atom. The molecule has 1 aliphatic rings. The molecule has 0 radical (unpaired) electrons. The van der Waals surface area contributed by atoms with Crippen LogP contribution in [-0.4, -0.2) is 0 Å². The molecule has 0 heteroatoms. The van der Waals surface area contributed by atoms with Crippen molar-refractivity contribution in [3.63, 3.8) is 0 Å². The molecule has 4 aromatic carbocycles. The van der Waals surface area contributed by atoms with Crippen LogP contribution >= 0.6 is 0 Å². The highest BCUT2D eigenvalue weighted by atomic mass is 14.5. The second-order valence-corrected chi connectivity index (χ2v) is 8.60. The van der Waals surface area contributed by atoms with Gasteiger partial charge >= 0.3 is 0 Å². The molecule has 0 heterocycles. The molecule has 0 N–H and O–H groups in total. The van der Waals surface area contributed by atoms with E-state index in [0.29, 0.717) is 0 Å². The van der Waals surface area contributed by atoms with E-state index in [0.717, 1.165) is 19.3 Å². The minimum Gasteiger partial charge on any atom is -0.0683 e. The van der Waals surface area contributed by atoms with Gasteiger partial charge in [-0.25, -0.2) is 0 Å². The van der Waals surface area contributed by atoms with Gasteiger partial charge in [-0.2, -0.15) is 0 Å². The Morgan fingerprint density at radius 2 is 1.03 bits per heavy atom. The highest BCUT2D eigenvalue weighted by Gasteiger charge is 2.47. The molecule has 0 aromatic heterocycles. The average molecular weight is 463 g/mol. The molecule has 0 bridgehead atoms. The highest BCUT2D eigenvalue weighted by molar-refractivity contribution is 5.88. The van der Waals surface area contributed by atoms with Crippen molar-refractivity contribution in [2.24, 2.45) is 0 Å². The first kappa shape index (κ1) is 26.5. The molecule has 0 aliphatic heterocycles. The minimum absolute atomic E-state index is 0.281. The fourth-order valence-electron chi connectivity index (χ4n) is 5.54. The average Bonchev–Trinajstić information content (AvgIpc) is 3.26.